The Kier molecular flexibility index (Phi) is 13.7. The molecular formula is C29H40O4. The van der Waals surface area contributed by atoms with Crippen LogP contribution in [0.2, 0.25) is 0 Å². The normalized spacial score (nSPS) is 10.7. The minimum absolute atomic E-state index is 0.0657. The highest BCUT2D eigenvalue weighted by molar-refractivity contribution is 5.78. The molecule has 0 atom stereocenters. The third-order valence-electron chi connectivity index (χ3n) is 5.72. The molecule has 33 heavy (non-hydrogen) atoms. The molecule has 2 aromatic rings. The first-order chi connectivity index (χ1) is 16.2. The third kappa shape index (κ3) is 11.7. The maximum atomic E-state index is 12.3. The predicted octanol–water partition coefficient (Wildman–Crippen LogP) is 7.89. The van der Waals surface area contributed by atoms with Crippen LogP contribution in [-0.4, -0.2) is 18.5 Å². The van der Waals surface area contributed by atoms with E-state index in [2.05, 4.69) is 6.92 Å². The molecule has 0 fully saturated rings. The van der Waals surface area contributed by atoms with E-state index in [-0.39, 0.29) is 11.9 Å². The van der Waals surface area contributed by atoms with Crippen LogP contribution in [0.5, 0.6) is 5.75 Å². The van der Waals surface area contributed by atoms with Gasteiger partial charge >= 0.3 is 11.9 Å². The maximum absolute atomic E-state index is 12.3. The van der Waals surface area contributed by atoms with E-state index >= 15 is 0 Å². The van der Waals surface area contributed by atoms with Crippen LogP contribution in [0.3, 0.4) is 0 Å². The molecule has 0 heterocycles. The standard InChI is InChI=1S/C29H40O4/c1-2-3-4-9-17-24-32-28(30)22-13-7-5-6-8-14-23-29(31)33-27-21-16-15-20-26(27)25-18-11-10-12-19-25/h10-12,15-16,18-21H,2-9,13-14,17,22-24H2,1H3. The average molecular weight is 453 g/mol. The fourth-order valence-corrected chi connectivity index (χ4v) is 3.80. The molecule has 0 aromatic heterocycles. The summed E-state index contributed by atoms with van der Waals surface area (Å²) < 4.78 is 10.9. The highest BCUT2D eigenvalue weighted by Crippen LogP contribution is 2.29. The van der Waals surface area contributed by atoms with Gasteiger partial charge in [0, 0.05) is 18.4 Å². The summed E-state index contributed by atoms with van der Waals surface area (Å²) in [7, 11) is 0. The van der Waals surface area contributed by atoms with E-state index in [9.17, 15) is 9.59 Å². The Labute approximate surface area is 199 Å². The molecule has 0 radical (unpaired) electrons. The molecule has 4 heteroatoms. The summed E-state index contributed by atoms with van der Waals surface area (Å²) >= 11 is 0. The smallest absolute Gasteiger partial charge is 0.311 e. The highest BCUT2D eigenvalue weighted by Gasteiger charge is 2.10. The molecular weight excluding hydrogens is 412 g/mol. The summed E-state index contributed by atoms with van der Waals surface area (Å²) in [6, 6.07) is 17.6. The van der Waals surface area contributed by atoms with E-state index < -0.39 is 0 Å². The molecule has 4 nitrogen and oxygen atoms in total. The second-order valence-electron chi connectivity index (χ2n) is 8.59. The molecule has 0 saturated carbocycles. The molecule has 0 aliphatic rings. The average Bonchev–Trinajstić information content (AvgIpc) is 2.84. The number of para-hydroxylation sites is 1. The van der Waals surface area contributed by atoms with Gasteiger partial charge in [0.2, 0.25) is 0 Å². The van der Waals surface area contributed by atoms with Gasteiger partial charge in [-0.05, 0) is 30.9 Å². The van der Waals surface area contributed by atoms with Crippen LogP contribution in [-0.2, 0) is 14.3 Å². The number of esters is 2. The van der Waals surface area contributed by atoms with Crippen LogP contribution in [0.4, 0.5) is 0 Å². The molecule has 0 aliphatic carbocycles. The second-order valence-corrected chi connectivity index (χ2v) is 8.59. The lowest BCUT2D eigenvalue weighted by Crippen LogP contribution is -2.08. The number of hydrogen-bond acceptors (Lipinski definition) is 4. The maximum Gasteiger partial charge on any atom is 0.311 e. The van der Waals surface area contributed by atoms with Gasteiger partial charge in [0.25, 0.3) is 0 Å². The lowest BCUT2D eigenvalue weighted by atomic mass is 10.0. The van der Waals surface area contributed by atoms with Gasteiger partial charge in [-0.3, -0.25) is 9.59 Å². The third-order valence-corrected chi connectivity index (χ3v) is 5.72. The molecule has 180 valence electrons. The summed E-state index contributed by atoms with van der Waals surface area (Å²) in [5, 5.41) is 0. The SMILES string of the molecule is CCCCCCCOC(=O)CCCCCCCCC(=O)Oc1ccccc1-c1ccccc1. The highest BCUT2D eigenvalue weighted by atomic mass is 16.5. The summed E-state index contributed by atoms with van der Waals surface area (Å²) in [6.07, 6.45) is 12.7. The molecule has 0 unspecified atom stereocenters. The Morgan fingerprint density at radius 2 is 1.21 bits per heavy atom. The summed E-state index contributed by atoms with van der Waals surface area (Å²) in [6.45, 7) is 2.76. The number of unbranched alkanes of at least 4 members (excludes halogenated alkanes) is 9. The fourth-order valence-electron chi connectivity index (χ4n) is 3.80. The van der Waals surface area contributed by atoms with Crippen molar-refractivity contribution in [2.75, 3.05) is 6.61 Å². The summed E-state index contributed by atoms with van der Waals surface area (Å²) in [4.78, 5) is 24.0. The Hall–Kier alpha value is -2.62. The van der Waals surface area contributed by atoms with Crippen molar-refractivity contribution in [3.8, 4) is 16.9 Å². The number of carbonyl (C=O) groups excluding carboxylic acids is 2. The zero-order valence-corrected chi connectivity index (χ0v) is 20.2. The molecule has 0 N–H and O–H groups in total. The van der Waals surface area contributed by atoms with Crippen LogP contribution in [0.15, 0.2) is 54.6 Å². The first-order valence-electron chi connectivity index (χ1n) is 12.7. The number of carbonyl (C=O) groups is 2. The van der Waals surface area contributed by atoms with E-state index in [0.29, 0.717) is 25.2 Å². The quantitative estimate of drug-likeness (QED) is 0.139. The molecule has 0 amide bonds. The molecule has 0 saturated heterocycles. The number of rotatable bonds is 17. The van der Waals surface area contributed by atoms with Gasteiger partial charge in [-0.1, -0.05) is 107 Å². The van der Waals surface area contributed by atoms with Crippen LogP contribution < -0.4 is 4.74 Å². The monoisotopic (exact) mass is 452 g/mol. The molecule has 0 aliphatic heterocycles. The van der Waals surface area contributed by atoms with Gasteiger partial charge in [0.15, 0.2) is 0 Å². The van der Waals surface area contributed by atoms with Crippen LogP contribution in [0.25, 0.3) is 11.1 Å². The zero-order valence-electron chi connectivity index (χ0n) is 20.2. The van der Waals surface area contributed by atoms with E-state index in [1.165, 1.54) is 19.3 Å². The lowest BCUT2D eigenvalue weighted by Gasteiger charge is -2.10. The largest absolute Gasteiger partial charge is 0.466 e. The molecule has 0 bridgehead atoms. The number of hydrogen-bond donors (Lipinski definition) is 0. The van der Waals surface area contributed by atoms with E-state index in [1.54, 1.807) is 0 Å². The van der Waals surface area contributed by atoms with Gasteiger partial charge < -0.3 is 9.47 Å². The Morgan fingerprint density at radius 3 is 1.94 bits per heavy atom. The van der Waals surface area contributed by atoms with Crippen LogP contribution in [0.1, 0.15) is 90.4 Å². The molecule has 2 rings (SSSR count). The van der Waals surface area contributed by atoms with Crippen molar-refractivity contribution in [3.63, 3.8) is 0 Å². The lowest BCUT2D eigenvalue weighted by molar-refractivity contribution is -0.144. The van der Waals surface area contributed by atoms with Crippen molar-refractivity contribution < 1.29 is 19.1 Å². The number of ether oxygens (including phenoxy) is 2. The second kappa shape index (κ2) is 16.9. The van der Waals surface area contributed by atoms with Gasteiger partial charge in [0.05, 0.1) is 6.61 Å². The number of benzene rings is 2. The van der Waals surface area contributed by atoms with Gasteiger partial charge in [-0.15, -0.1) is 0 Å². The summed E-state index contributed by atoms with van der Waals surface area (Å²) in [5.41, 5.74) is 1.97. The van der Waals surface area contributed by atoms with Crippen LogP contribution in [0, 0.1) is 0 Å². The van der Waals surface area contributed by atoms with Gasteiger partial charge in [-0.25, -0.2) is 0 Å². The Morgan fingerprint density at radius 1 is 0.636 bits per heavy atom. The van der Waals surface area contributed by atoms with Crippen molar-refractivity contribution in [1.82, 2.24) is 0 Å². The Bertz CT molecular complexity index is 800. The van der Waals surface area contributed by atoms with Crippen molar-refractivity contribution in [2.45, 2.75) is 90.4 Å². The Balaban J connectivity index is 1.50. The predicted molar refractivity (Wildman–Crippen MR) is 134 cm³/mol. The van der Waals surface area contributed by atoms with Gasteiger partial charge in [-0.2, -0.15) is 0 Å². The first-order valence-corrected chi connectivity index (χ1v) is 12.7. The van der Waals surface area contributed by atoms with Crippen molar-refractivity contribution >= 4 is 11.9 Å². The first kappa shape index (κ1) is 26.6. The van der Waals surface area contributed by atoms with E-state index in [4.69, 9.17) is 9.47 Å². The van der Waals surface area contributed by atoms with E-state index in [1.807, 2.05) is 54.6 Å². The van der Waals surface area contributed by atoms with E-state index in [0.717, 1.165) is 62.5 Å². The molecule has 0 spiro atoms. The van der Waals surface area contributed by atoms with Crippen LogP contribution >= 0.6 is 0 Å². The van der Waals surface area contributed by atoms with Gasteiger partial charge in [0.1, 0.15) is 5.75 Å². The topological polar surface area (TPSA) is 52.6 Å². The van der Waals surface area contributed by atoms with Crippen molar-refractivity contribution in [1.29, 1.82) is 0 Å². The summed E-state index contributed by atoms with van der Waals surface area (Å²) in [5.74, 6) is 0.362. The zero-order chi connectivity index (χ0) is 23.6. The minimum atomic E-state index is -0.184. The minimum Gasteiger partial charge on any atom is -0.466 e. The van der Waals surface area contributed by atoms with Crippen molar-refractivity contribution in [2.24, 2.45) is 0 Å². The molecule has 2 aromatic carbocycles. The fraction of sp³-hybridized carbons (Fsp3) is 0.517. The van der Waals surface area contributed by atoms with Crippen molar-refractivity contribution in [3.05, 3.63) is 54.6 Å².